The zero-order chi connectivity index (χ0) is 10.3. The molecule has 2 aliphatic rings. The Morgan fingerprint density at radius 3 is 3.33 bits per heavy atom. The first-order valence-corrected chi connectivity index (χ1v) is 5.77. The maximum Gasteiger partial charge on any atom is 0.110 e. The van der Waals surface area contributed by atoms with Gasteiger partial charge in [-0.15, -0.1) is 0 Å². The van der Waals surface area contributed by atoms with E-state index >= 15 is 0 Å². The smallest absolute Gasteiger partial charge is 0.110 e. The molecule has 15 heavy (non-hydrogen) atoms. The molecule has 0 radical (unpaired) electrons. The predicted octanol–water partition coefficient (Wildman–Crippen LogP) is 1.82. The van der Waals surface area contributed by atoms with Gasteiger partial charge < -0.3 is 14.5 Å². The first kappa shape index (κ1) is 9.43. The molecule has 2 unspecified atom stereocenters. The number of ether oxygens (including phenoxy) is 1. The van der Waals surface area contributed by atoms with Gasteiger partial charge in [-0.3, -0.25) is 0 Å². The number of rotatable bonds is 1. The molecule has 0 aliphatic carbocycles. The summed E-state index contributed by atoms with van der Waals surface area (Å²) in [6.07, 6.45) is 5.38. The van der Waals surface area contributed by atoms with Gasteiger partial charge in [-0.05, 0) is 18.9 Å². The van der Waals surface area contributed by atoms with E-state index in [2.05, 4.69) is 18.3 Å². The highest BCUT2D eigenvalue weighted by Crippen LogP contribution is 2.39. The second kappa shape index (κ2) is 3.35. The summed E-state index contributed by atoms with van der Waals surface area (Å²) in [6.45, 7) is 3.97. The Labute approximate surface area is 89.8 Å². The number of furan rings is 1. The fourth-order valence-electron chi connectivity index (χ4n) is 2.81. The van der Waals surface area contributed by atoms with E-state index in [1.165, 1.54) is 5.56 Å². The van der Waals surface area contributed by atoms with Crippen LogP contribution in [-0.4, -0.2) is 19.3 Å². The Morgan fingerprint density at radius 1 is 1.60 bits per heavy atom. The van der Waals surface area contributed by atoms with Gasteiger partial charge in [0.1, 0.15) is 5.76 Å². The molecule has 3 heteroatoms. The lowest BCUT2D eigenvalue weighted by Gasteiger charge is -2.33. The average molecular weight is 207 g/mol. The van der Waals surface area contributed by atoms with Gasteiger partial charge in [0, 0.05) is 18.5 Å². The average Bonchev–Trinajstić information content (AvgIpc) is 2.86. The normalized spacial score (nSPS) is 34.6. The maximum atomic E-state index is 5.82. The van der Waals surface area contributed by atoms with E-state index in [1.807, 2.05) is 0 Å². The summed E-state index contributed by atoms with van der Waals surface area (Å²) < 4.78 is 11.3. The van der Waals surface area contributed by atoms with Crippen molar-refractivity contribution in [2.75, 3.05) is 13.2 Å². The largest absolute Gasteiger partial charge is 0.469 e. The van der Waals surface area contributed by atoms with E-state index in [1.54, 1.807) is 6.26 Å². The van der Waals surface area contributed by atoms with Gasteiger partial charge in [-0.25, -0.2) is 0 Å². The molecule has 0 saturated carbocycles. The zero-order valence-corrected chi connectivity index (χ0v) is 9.08. The molecular weight excluding hydrogens is 190 g/mol. The molecule has 1 saturated heterocycles. The minimum atomic E-state index is 0.0429. The summed E-state index contributed by atoms with van der Waals surface area (Å²) >= 11 is 0. The van der Waals surface area contributed by atoms with Crippen LogP contribution in [0.1, 0.15) is 31.1 Å². The molecule has 2 atom stereocenters. The van der Waals surface area contributed by atoms with E-state index in [-0.39, 0.29) is 5.54 Å². The van der Waals surface area contributed by atoms with Gasteiger partial charge >= 0.3 is 0 Å². The molecule has 1 N–H and O–H groups in total. The topological polar surface area (TPSA) is 34.4 Å². The molecular formula is C12H17NO2. The van der Waals surface area contributed by atoms with Crippen molar-refractivity contribution in [3.05, 3.63) is 23.7 Å². The Kier molecular flexibility index (Phi) is 2.11. The Hall–Kier alpha value is -0.800. The number of fused-ring (bicyclic) bond motifs is 2. The fourth-order valence-corrected chi connectivity index (χ4v) is 2.81. The van der Waals surface area contributed by atoms with Gasteiger partial charge in [0.15, 0.2) is 0 Å². The van der Waals surface area contributed by atoms with Crippen molar-refractivity contribution in [2.24, 2.45) is 0 Å². The summed E-state index contributed by atoms with van der Waals surface area (Å²) in [5, 5.41) is 3.62. The van der Waals surface area contributed by atoms with Gasteiger partial charge in [0.2, 0.25) is 0 Å². The highest BCUT2D eigenvalue weighted by molar-refractivity contribution is 5.31. The molecule has 82 valence electrons. The van der Waals surface area contributed by atoms with Crippen LogP contribution in [0.15, 0.2) is 16.7 Å². The van der Waals surface area contributed by atoms with Gasteiger partial charge in [-0.2, -0.15) is 0 Å². The van der Waals surface area contributed by atoms with Crippen LogP contribution < -0.4 is 5.32 Å². The summed E-state index contributed by atoms with van der Waals surface area (Å²) in [5.74, 6) is 1.15. The molecule has 0 bridgehead atoms. The summed E-state index contributed by atoms with van der Waals surface area (Å²) in [5.41, 5.74) is 1.37. The van der Waals surface area contributed by atoms with Crippen molar-refractivity contribution in [3.8, 4) is 0 Å². The highest BCUT2D eigenvalue weighted by Gasteiger charge is 2.44. The third-order valence-corrected chi connectivity index (χ3v) is 3.67. The van der Waals surface area contributed by atoms with E-state index < -0.39 is 0 Å². The summed E-state index contributed by atoms with van der Waals surface area (Å²) in [7, 11) is 0. The van der Waals surface area contributed by atoms with Crippen molar-refractivity contribution in [1.82, 2.24) is 5.32 Å². The molecule has 1 fully saturated rings. The van der Waals surface area contributed by atoms with E-state index in [0.29, 0.717) is 6.10 Å². The summed E-state index contributed by atoms with van der Waals surface area (Å²) in [6, 6.07) is 2.10. The molecule has 3 rings (SSSR count). The third-order valence-electron chi connectivity index (χ3n) is 3.67. The zero-order valence-electron chi connectivity index (χ0n) is 9.08. The van der Waals surface area contributed by atoms with Crippen molar-refractivity contribution in [3.63, 3.8) is 0 Å². The quantitative estimate of drug-likeness (QED) is 0.762. The molecule has 1 aromatic rings. The fraction of sp³-hybridized carbons (Fsp3) is 0.667. The molecule has 1 aromatic heterocycles. The lowest BCUT2D eigenvalue weighted by atomic mass is 9.84. The Bertz CT molecular complexity index is 360. The van der Waals surface area contributed by atoms with E-state index in [4.69, 9.17) is 9.15 Å². The van der Waals surface area contributed by atoms with E-state index in [9.17, 15) is 0 Å². The Balaban J connectivity index is 1.95. The molecule has 2 aliphatic heterocycles. The van der Waals surface area contributed by atoms with Gasteiger partial charge in [0.05, 0.1) is 24.5 Å². The minimum Gasteiger partial charge on any atom is -0.469 e. The maximum absolute atomic E-state index is 5.82. The van der Waals surface area contributed by atoms with Crippen LogP contribution in [0.25, 0.3) is 0 Å². The van der Waals surface area contributed by atoms with Crippen LogP contribution in [0.5, 0.6) is 0 Å². The van der Waals surface area contributed by atoms with E-state index in [0.717, 1.165) is 38.2 Å². The number of hydrogen-bond acceptors (Lipinski definition) is 3. The predicted molar refractivity (Wildman–Crippen MR) is 56.7 cm³/mol. The van der Waals surface area contributed by atoms with Crippen molar-refractivity contribution >= 4 is 0 Å². The lowest BCUT2D eigenvalue weighted by molar-refractivity contribution is 0.0967. The number of nitrogens with one attached hydrogen (secondary N) is 1. The van der Waals surface area contributed by atoms with Crippen molar-refractivity contribution in [2.45, 2.75) is 37.8 Å². The van der Waals surface area contributed by atoms with Crippen molar-refractivity contribution < 1.29 is 9.15 Å². The molecule has 3 nitrogen and oxygen atoms in total. The van der Waals surface area contributed by atoms with Crippen LogP contribution in [0.3, 0.4) is 0 Å². The number of hydrogen-bond donors (Lipinski definition) is 1. The first-order chi connectivity index (χ1) is 7.34. The molecule has 0 amide bonds. The van der Waals surface area contributed by atoms with Crippen LogP contribution in [0.4, 0.5) is 0 Å². The van der Waals surface area contributed by atoms with Crippen LogP contribution >= 0.6 is 0 Å². The van der Waals surface area contributed by atoms with Crippen LogP contribution in [-0.2, 0) is 16.7 Å². The first-order valence-electron chi connectivity index (χ1n) is 5.77. The van der Waals surface area contributed by atoms with Crippen LogP contribution in [0.2, 0.25) is 0 Å². The lowest BCUT2D eigenvalue weighted by Crippen LogP contribution is -2.47. The van der Waals surface area contributed by atoms with Crippen LogP contribution in [0, 0.1) is 0 Å². The monoisotopic (exact) mass is 207 g/mol. The summed E-state index contributed by atoms with van der Waals surface area (Å²) in [4.78, 5) is 0. The third kappa shape index (κ3) is 1.34. The Morgan fingerprint density at radius 2 is 2.53 bits per heavy atom. The SMILES string of the molecule is CCC1CC2(CO1)NCCc1occc12. The molecule has 0 aromatic carbocycles. The van der Waals surface area contributed by atoms with Gasteiger partial charge in [-0.1, -0.05) is 6.92 Å². The standard InChI is InChI=1S/C12H17NO2/c1-2-9-7-12(8-15-9)10-4-6-14-11(10)3-5-13-12/h4,6,9,13H,2-3,5,7-8H2,1H3. The highest BCUT2D eigenvalue weighted by atomic mass is 16.5. The van der Waals surface area contributed by atoms with Gasteiger partial charge in [0.25, 0.3) is 0 Å². The second-order valence-electron chi connectivity index (χ2n) is 4.56. The van der Waals surface area contributed by atoms with Crippen molar-refractivity contribution in [1.29, 1.82) is 0 Å². The minimum absolute atomic E-state index is 0.0429. The molecule has 3 heterocycles. The second-order valence-corrected chi connectivity index (χ2v) is 4.56. The molecule has 1 spiro atoms.